The molecular formula is C11H11ClO2. The van der Waals surface area contributed by atoms with E-state index >= 15 is 0 Å². The Morgan fingerprint density at radius 1 is 1.36 bits per heavy atom. The van der Waals surface area contributed by atoms with Gasteiger partial charge in [0, 0.05) is 6.08 Å². The highest BCUT2D eigenvalue weighted by Gasteiger charge is 1.98. The highest BCUT2D eigenvalue weighted by atomic mass is 35.5. The molecule has 0 N–H and O–H groups in total. The lowest BCUT2D eigenvalue weighted by Crippen LogP contribution is -1.85. The Hall–Kier alpha value is -1.28. The third-order valence-corrected chi connectivity index (χ3v) is 1.98. The first-order valence-corrected chi connectivity index (χ1v) is 4.53. The van der Waals surface area contributed by atoms with Gasteiger partial charge in [-0.3, -0.25) is 4.79 Å². The molecule has 0 spiro atoms. The minimum absolute atomic E-state index is 0.460. The first-order chi connectivity index (χ1) is 6.63. The van der Waals surface area contributed by atoms with Crippen LogP contribution in [-0.2, 0) is 4.79 Å². The second-order valence-corrected chi connectivity index (χ2v) is 3.23. The quantitative estimate of drug-likeness (QED) is 0.567. The smallest absolute Gasteiger partial charge is 0.245 e. The molecule has 0 fully saturated rings. The maximum absolute atomic E-state index is 10.6. The SMILES string of the molecule is COc1ccc(C(C)=CC(=O)Cl)cc1. The number of rotatable bonds is 3. The largest absolute Gasteiger partial charge is 0.497 e. The molecule has 0 heterocycles. The van der Waals surface area contributed by atoms with Gasteiger partial charge in [0.1, 0.15) is 5.75 Å². The van der Waals surface area contributed by atoms with Crippen LogP contribution >= 0.6 is 11.6 Å². The average Bonchev–Trinajstić information content (AvgIpc) is 2.17. The molecule has 0 saturated carbocycles. The Morgan fingerprint density at radius 3 is 2.36 bits per heavy atom. The number of halogens is 1. The Bertz CT molecular complexity index is 352. The molecule has 0 aliphatic heterocycles. The standard InChI is InChI=1S/C11H11ClO2/c1-8(7-11(12)13)9-3-5-10(14-2)6-4-9/h3-7H,1-2H3. The minimum Gasteiger partial charge on any atom is -0.497 e. The van der Waals surface area contributed by atoms with Gasteiger partial charge in [-0.2, -0.15) is 0 Å². The second-order valence-electron chi connectivity index (χ2n) is 2.86. The van der Waals surface area contributed by atoms with Gasteiger partial charge in [0.05, 0.1) is 7.11 Å². The van der Waals surface area contributed by atoms with Crippen LogP contribution in [-0.4, -0.2) is 12.4 Å². The van der Waals surface area contributed by atoms with Crippen LogP contribution in [0.5, 0.6) is 5.75 Å². The van der Waals surface area contributed by atoms with Crippen molar-refractivity contribution in [3.63, 3.8) is 0 Å². The molecule has 0 aromatic heterocycles. The van der Waals surface area contributed by atoms with E-state index in [2.05, 4.69) is 0 Å². The fourth-order valence-corrected chi connectivity index (χ4v) is 1.27. The second kappa shape index (κ2) is 4.82. The Morgan fingerprint density at radius 2 is 1.93 bits per heavy atom. The summed E-state index contributed by atoms with van der Waals surface area (Å²) in [5.74, 6) is 0.791. The lowest BCUT2D eigenvalue weighted by atomic mass is 10.1. The van der Waals surface area contributed by atoms with Gasteiger partial charge in [-0.25, -0.2) is 0 Å². The van der Waals surface area contributed by atoms with Crippen LogP contribution in [0.3, 0.4) is 0 Å². The Labute approximate surface area is 88.1 Å². The van der Waals surface area contributed by atoms with Crippen LogP contribution in [0.25, 0.3) is 5.57 Å². The molecule has 0 saturated heterocycles. The molecule has 3 heteroatoms. The van der Waals surface area contributed by atoms with Crippen LogP contribution in [0, 0.1) is 0 Å². The summed E-state index contributed by atoms with van der Waals surface area (Å²) in [6.07, 6.45) is 1.39. The first-order valence-electron chi connectivity index (χ1n) is 4.15. The summed E-state index contributed by atoms with van der Waals surface area (Å²) < 4.78 is 5.02. The van der Waals surface area contributed by atoms with Crippen molar-refractivity contribution < 1.29 is 9.53 Å². The topological polar surface area (TPSA) is 26.3 Å². The van der Waals surface area contributed by atoms with Crippen molar-refractivity contribution in [2.45, 2.75) is 6.92 Å². The van der Waals surface area contributed by atoms with Gasteiger partial charge in [0.15, 0.2) is 0 Å². The Balaban J connectivity index is 2.92. The predicted octanol–water partition coefficient (Wildman–Crippen LogP) is 2.86. The highest BCUT2D eigenvalue weighted by molar-refractivity contribution is 6.66. The van der Waals surface area contributed by atoms with E-state index < -0.39 is 5.24 Å². The van der Waals surface area contributed by atoms with Gasteiger partial charge in [0.2, 0.25) is 5.24 Å². The normalized spacial score (nSPS) is 11.2. The summed E-state index contributed by atoms with van der Waals surface area (Å²) in [5.41, 5.74) is 1.80. The molecule has 14 heavy (non-hydrogen) atoms. The van der Waals surface area contributed by atoms with Crippen molar-refractivity contribution in [3.05, 3.63) is 35.9 Å². The third-order valence-electron chi connectivity index (χ3n) is 1.88. The monoisotopic (exact) mass is 210 g/mol. The maximum Gasteiger partial charge on any atom is 0.245 e. The fourth-order valence-electron chi connectivity index (χ4n) is 1.11. The van der Waals surface area contributed by atoms with E-state index in [-0.39, 0.29) is 0 Å². The molecule has 0 amide bonds. The van der Waals surface area contributed by atoms with Crippen LogP contribution in [0.2, 0.25) is 0 Å². The molecule has 1 rings (SSSR count). The van der Waals surface area contributed by atoms with Gasteiger partial charge in [-0.1, -0.05) is 12.1 Å². The molecule has 74 valence electrons. The molecule has 1 aromatic carbocycles. The zero-order valence-electron chi connectivity index (χ0n) is 8.08. The van der Waals surface area contributed by atoms with Crippen molar-refractivity contribution in [2.75, 3.05) is 7.11 Å². The number of carbonyl (C=O) groups excluding carboxylic acids is 1. The van der Waals surface area contributed by atoms with Crippen molar-refractivity contribution in [1.29, 1.82) is 0 Å². The van der Waals surface area contributed by atoms with E-state index in [0.717, 1.165) is 16.9 Å². The highest BCUT2D eigenvalue weighted by Crippen LogP contribution is 2.18. The number of ether oxygens (including phenoxy) is 1. The first kappa shape index (κ1) is 10.8. The maximum atomic E-state index is 10.6. The summed E-state index contributed by atoms with van der Waals surface area (Å²) in [4.78, 5) is 10.6. The zero-order valence-corrected chi connectivity index (χ0v) is 8.84. The summed E-state index contributed by atoms with van der Waals surface area (Å²) in [5, 5.41) is -0.460. The molecule has 0 unspecified atom stereocenters. The van der Waals surface area contributed by atoms with E-state index in [0.29, 0.717) is 0 Å². The van der Waals surface area contributed by atoms with E-state index in [1.165, 1.54) is 6.08 Å². The van der Waals surface area contributed by atoms with Crippen molar-refractivity contribution in [3.8, 4) is 5.75 Å². The molecule has 0 radical (unpaired) electrons. The van der Waals surface area contributed by atoms with Crippen molar-refractivity contribution in [1.82, 2.24) is 0 Å². The summed E-state index contributed by atoms with van der Waals surface area (Å²) in [6, 6.07) is 7.44. The van der Waals surface area contributed by atoms with E-state index in [1.54, 1.807) is 7.11 Å². The van der Waals surface area contributed by atoms with Crippen molar-refractivity contribution >= 4 is 22.4 Å². The molecule has 0 aliphatic rings. The molecule has 2 nitrogen and oxygen atoms in total. The van der Waals surface area contributed by atoms with Crippen molar-refractivity contribution in [2.24, 2.45) is 0 Å². The Kier molecular flexibility index (Phi) is 3.72. The lowest BCUT2D eigenvalue weighted by Gasteiger charge is -2.02. The fraction of sp³-hybridized carbons (Fsp3) is 0.182. The van der Waals surface area contributed by atoms with E-state index in [1.807, 2.05) is 31.2 Å². The summed E-state index contributed by atoms with van der Waals surface area (Å²) >= 11 is 5.24. The van der Waals surface area contributed by atoms with Crippen LogP contribution < -0.4 is 4.74 Å². The number of allylic oxidation sites excluding steroid dienone is 2. The molecule has 0 bridgehead atoms. The molecule has 1 aromatic rings. The van der Waals surface area contributed by atoms with Crippen LogP contribution in [0.15, 0.2) is 30.3 Å². The van der Waals surface area contributed by atoms with Gasteiger partial charge in [-0.05, 0) is 41.8 Å². The number of hydrogen-bond acceptors (Lipinski definition) is 2. The predicted molar refractivity (Wildman–Crippen MR) is 57.5 cm³/mol. The van der Waals surface area contributed by atoms with Gasteiger partial charge < -0.3 is 4.74 Å². The van der Waals surface area contributed by atoms with Gasteiger partial charge >= 0.3 is 0 Å². The number of hydrogen-bond donors (Lipinski definition) is 0. The van der Waals surface area contributed by atoms with E-state index in [9.17, 15) is 4.79 Å². The minimum atomic E-state index is -0.460. The van der Waals surface area contributed by atoms with E-state index in [4.69, 9.17) is 16.3 Å². The zero-order chi connectivity index (χ0) is 10.6. The number of methoxy groups -OCH3 is 1. The third kappa shape index (κ3) is 2.89. The van der Waals surface area contributed by atoms with Gasteiger partial charge in [-0.15, -0.1) is 0 Å². The lowest BCUT2D eigenvalue weighted by molar-refractivity contribution is -0.107. The number of benzene rings is 1. The molecule has 0 aliphatic carbocycles. The summed E-state index contributed by atoms with van der Waals surface area (Å²) in [7, 11) is 1.61. The van der Waals surface area contributed by atoms with Crippen LogP contribution in [0.4, 0.5) is 0 Å². The summed E-state index contributed by atoms with van der Waals surface area (Å²) in [6.45, 7) is 1.84. The molecule has 0 atom stereocenters. The average molecular weight is 211 g/mol. The molecular weight excluding hydrogens is 200 g/mol. The number of carbonyl (C=O) groups is 1. The van der Waals surface area contributed by atoms with Crippen LogP contribution in [0.1, 0.15) is 12.5 Å². The van der Waals surface area contributed by atoms with Gasteiger partial charge in [0.25, 0.3) is 0 Å².